The number of aromatic nitrogens is 1. The predicted octanol–water partition coefficient (Wildman–Crippen LogP) is 2.71. The molecule has 1 aromatic heterocycles. The first kappa shape index (κ1) is 33.5. The van der Waals surface area contributed by atoms with E-state index >= 15 is 0 Å². The molecule has 0 spiro atoms. The van der Waals surface area contributed by atoms with E-state index in [-0.39, 0.29) is 39.0 Å². The third-order valence-electron chi connectivity index (χ3n) is 7.75. The van der Waals surface area contributed by atoms with E-state index in [1.807, 2.05) is 25.1 Å². The van der Waals surface area contributed by atoms with Gasteiger partial charge < -0.3 is 34.9 Å². The van der Waals surface area contributed by atoms with Gasteiger partial charge in [-0.1, -0.05) is 32.9 Å². The highest BCUT2D eigenvalue weighted by atomic mass is 32.1. The van der Waals surface area contributed by atoms with Crippen LogP contribution in [0.4, 0.5) is 4.39 Å². The number of aliphatic hydroxyl groups excluding tert-OH is 1. The summed E-state index contributed by atoms with van der Waals surface area (Å²) in [5.41, 5.74) is 1.55. The molecule has 1 saturated heterocycles. The molecule has 13 heteroatoms. The number of benzene rings is 1. The molecule has 44 heavy (non-hydrogen) atoms. The Bertz CT molecular complexity index is 1360. The maximum absolute atomic E-state index is 14.4. The molecule has 1 aliphatic heterocycles. The Hall–Kier alpha value is -3.42. The fraction of sp³-hybridized carbons (Fsp3) is 0.581. The van der Waals surface area contributed by atoms with Crippen LogP contribution in [0.5, 0.6) is 5.75 Å². The van der Waals surface area contributed by atoms with Gasteiger partial charge in [0.1, 0.15) is 30.7 Å². The minimum absolute atomic E-state index is 0.0201. The quantitative estimate of drug-likeness (QED) is 0.213. The summed E-state index contributed by atoms with van der Waals surface area (Å²) >= 11 is 1.51. The Kier molecular flexibility index (Phi) is 10.7. The highest BCUT2D eigenvalue weighted by Crippen LogP contribution is 2.40. The van der Waals surface area contributed by atoms with Gasteiger partial charge in [-0.05, 0) is 36.8 Å². The number of alkyl halides is 1. The lowest BCUT2D eigenvalue weighted by Gasteiger charge is -2.35. The molecule has 2 aromatic rings. The lowest BCUT2D eigenvalue weighted by molar-refractivity contribution is -0.145. The van der Waals surface area contributed by atoms with Crippen molar-refractivity contribution in [2.24, 2.45) is 5.41 Å². The highest BCUT2D eigenvalue weighted by molar-refractivity contribution is 7.13. The molecule has 2 aliphatic rings. The molecular weight excluding hydrogens is 591 g/mol. The molecule has 0 unspecified atom stereocenters. The Labute approximate surface area is 260 Å². The zero-order valence-corrected chi connectivity index (χ0v) is 26.4. The van der Waals surface area contributed by atoms with Crippen molar-refractivity contribution in [3.05, 3.63) is 35.0 Å². The SMILES string of the molecule is Cc1ncsc1-c1ccc(CNC(=O)[C@@H]2C[C@@H](O)CN2C(=O)[C@@H](NC(=O)C2(F)CC2)C(C)(C)C)c(OCCCOCC=O)c1. The van der Waals surface area contributed by atoms with Crippen molar-refractivity contribution in [2.75, 3.05) is 26.4 Å². The monoisotopic (exact) mass is 632 g/mol. The largest absolute Gasteiger partial charge is 0.493 e. The summed E-state index contributed by atoms with van der Waals surface area (Å²) in [4.78, 5) is 56.7. The van der Waals surface area contributed by atoms with E-state index in [1.54, 1.807) is 26.3 Å². The fourth-order valence-electron chi connectivity index (χ4n) is 5.05. The van der Waals surface area contributed by atoms with Crippen LogP contribution < -0.4 is 15.4 Å². The smallest absolute Gasteiger partial charge is 0.258 e. The maximum atomic E-state index is 14.4. The number of aryl methyl sites for hydroxylation is 1. The van der Waals surface area contributed by atoms with Crippen molar-refractivity contribution in [1.82, 2.24) is 20.5 Å². The van der Waals surface area contributed by atoms with Crippen LogP contribution in [-0.4, -0.2) is 89.2 Å². The topological polar surface area (TPSA) is 147 Å². The first-order chi connectivity index (χ1) is 20.8. The molecule has 2 fully saturated rings. The molecular formula is C31H41FN4O7S. The maximum Gasteiger partial charge on any atom is 0.258 e. The molecule has 1 aliphatic carbocycles. The van der Waals surface area contributed by atoms with Crippen molar-refractivity contribution < 1.29 is 38.1 Å². The van der Waals surface area contributed by atoms with Crippen LogP contribution in [0.25, 0.3) is 10.4 Å². The number of thiazole rings is 1. The Morgan fingerprint density at radius 3 is 2.66 bits per heavy atom. The number of nitrogens with one attached hydrogen (secondary N) is 2. The van der Waals surface area contributed by atoms with Crippen LogP contribution in [0.1, 0.15) is 57.7 Å². The number of nitrogens with zero attached hydrogens (tertiary/aromatic N) is 2. The Morgan fingerprint density at radius 1 is 1.27 bits per heavy atom. The highest BCUT2D eigenvalue weighted by Gasteiger charge is 2.53. The average molecular weight is 633 g/mol. The van der Waals surface area contributed by atoms with Crippen molar-refractivity contribution in [1.29, 1.82) is 0 Å². The number of aldehydes is 1. The van der Waals surface area contributed by atoms with Gasteiger partial charge in [-0.2, -0.15) is 0 Å². The molecule has 0 bridgehead atoms. The van der Waals surface area contributed by atoms with Gasteiger partial charge in [0.2, 0.25) is 11.8 Å². The fourth-order valence-corrected chi connectivity index (χ4v) is 5.85. The number of ether oxygens (including phenoxy) is 2. The van der Waals surface area contributed by atoms with E-state index in [0.29, 0.717) is 37.2 Å². The number of likely N-dealkylation sites (tertiary alicyclic amines) is 1. The number of hydrogen-bond donors (Lipinski definition) is 3. The second-order valence-corrected chi connectivity index (χ2v) is 13.2. The molecule has 3 N–H and O–H groups in total. The zero-order chi connectivity index (χ0) is 32.1. The van der Waals surface area contributed by atoms with E-state index < -0.39 is 47.0 Å². The summed E-state index contributed by atoms with van der Waals surface area (Å²) in [6, 6.07) is 3.61. The van der Waals surface area contributed by atoms with Crippen molar-refractivity contribution in [3.8, 4) is 16.2 Å². The minimum Gasteiger partial charge on any atom is -0.493 e. The van der Waals surface area contributed by atoms with E-state index in [0.717, 1.165) is 16.1 Å². The standard InChI is InChI=1S/C31H41FN4O7S/c1-19-25(44-18-34-19)20-6-7-21(24(14-20)43-12-5-11-42-13-10-37)16-33-27(39)23-15-22(38)17-36(23)28(40)26(30(2,3)4)35-29(41)31(32)8-9-31/h6-7,10,14,18,22-23,26,38H,5,8-9,11-13,15-17H2,1-4H3,(H,33,39)(H,35,41)/t22-,23+,26-/m1/s1. The van der Waals surface area contributed by atoms with Crippen LogP contribution in [-0.2, 0) is 30.5 Å². The van der Waals surface area contributed by atoms with Gasteiger partial charge in [0.15, 0.2) is 5.67 Å². The van der Waals surface area contributed by atoms with Gasteiger partial charge in [-0.15, -0.1) is 11.3 Å². The number of carbonyl (C=O) groups excluding carboxylic acids is 4. The summed E-state index contributed by atoms with van der Waals surface area (Å²) in [6.07, 6.45) is 0.569. The summed E-state index contributed by atoms with van der Waals surface area (Å²) in [6.45, 7) is 7.89. The number of aliphatic hydroxyl groups is 1. The number of amides is 3. The molecule has 11 nitrogen and oxygen atoms in total. The number of carbonyl (C=O) groups is 4. The van der Waals surface area contributed by atoms with Crippen LogP contribution in [0.15, 0.2) is 23.7 Å². The van der Waals surface area contributed by atoms with Crippen LogP contribution >= 0.6 is 11.3 Å². The molecule has 240 valence electrons. The molecule has 2 heterocycles. The van der Waals surface area contributed by atoms with Gasteiger partial charge >= 0.3 is 0 Å². The predicted molar refractivity (Wildman–Crippen MR) is 162 cm³/mol. The van der Waals surface area contributed by atoms with E-state index in [2.05, 4.69) is 15.6 Å². The van der Waals surface area contributed by atoms with E-state index in [4.69, 9.17) is 9.47 Å². The summed E-state index contributed by atoms with van der Waals surface area (Å²) in [5, 5.41) is 15.9. The minimum atomic E-state index is -1.96. The molecule has 1 aromatic carbocycles. The molecule has 3 amide bonds. The summed E-state index contributed by atoms with van der Waals surface area (Å²) < 4.78 is 25.7. The van der Waals surface area contributed by atoms with Gasteiger partial charge in [-0.25, -0.2) is 9.37 Å². The van der Waals surface area contributed by atoms with Crippen molar-refractivity contribution in [3.63, 3.8) is 0 Å². The third-order valence-corrected chi connectivity index (χ3v) is 8.73. The van der Waals surface area contributed by atoms with Crippen LogP contribution in [0, 0.1) is 12.3 Å². The van der Waals surface area contributed by atoms with Crippen molar-refractivity contribution >= 4 is 35.3 Å². The number of β-amino-alcohol motifs (C(OH)–C–C–N with tert-alkyl or cyclic N) is 1. The first-order valence-corrected chi connectivity index (χ1v) is 15.7. The summed E-state index contributed by atoms with van der Waals surface area (Å²) in [7, 11) is 0. The number of hydrogen-bond acceptors (Lipinski definition) is 9. The van der Waals surface area contributed by atoms with Crippen molar-refractivity contribution in [2.45, 2.75) is 83.8 Å². The Morgan fingerprint density at radius 2 is 2.02 bits per heavy atom. The molecule has 4 rings (SSSR count). The van der Waals surface area contributed by atoms with Gasteiger partial charge in [0.05, 0.1) is 35.4 Å². The van der Waals surface area contributed by atoms with Crippen LogP contribution in [0.3, 0.4) is 0 Å². The molecule has 0 radical (unpaired) electrons. The Balaban J connectivity index is 1.46. The first-order valence-electron chi connectivity index (χ1n) is 14.8. The second-order valence-electron chi connectivity index (χ2n) is 12.4. The third kappa shape index (κ3) is 8.19. The van der Waals surface area contributed by atoms with Gasteiger partial charge in [0, 0.05) is 31.5 Å². The van der Waals surface area contributed by atoms with E-state index in [9.17, 15) is 28.7 Å². The van der Waals surface area contributed by atoms with Gasteiger partial charge in [0.25, 0.3) is 5.91 Å². The van der Waals surface area contributed by atoms with E-state index in [1.165, 1.54) is 16.2 Å². The number of halogens is 1. The lowest BCUT2D eigenvalue weighted by Crippen LogP contribution is -2.59. The second kappa shape index (κ2) is 14.1. The molecule has 3 atom stereocenters. The average Bonchev–Trinajstić information content (AvgIpc) is 3.38. The number of rotatable bonds is 14. The zero-order valence-electron chi connectivity index (χ0n) is 25.6. The van der Waals surface area contributed by atoms with Gasteiger partial charge in [-0.3, -0.25) is 14.4 Å². The summed E-state index contributed by atoms with van der Waals surface area (Å²) in [5.74, 6) is -1.28. The normalized spacial score (nSPS) is 19.7. The van der Waals surface area contributed by atoms with Crippen LogP contribution in [0.2, 0.25) is 0 Å². The lowest BCUT2D eigenvalue weighted by atomic mass is 9.85. The molecule has 1 saturated carbocycles.